The molecule has 0 amide bonds. The maximum atomic E-state index is 5.72. The molecule has 1 atom stereocenters. The van der Waals surface area contributed by atoms with E-state index in [1.165, 1.54) is 24.0 Å². The lowest BCUT2D eigenvalue weighted by Crippen LogP contribution is -1.92. The Morgan fingerprint density at radius 2 is 1.85 bits per heavy atom. The molecule has 1 heteroatoms. The first-order valence-corrected chi connectivity index (χ1v) is 5.46. The molecule has 1 unspecified atom stereocenters. The second-order valence-electron chi connectivity index (χ2n) is 3.56. The minimum atomic E-state index is 0.614. The van der Waals surface area contributed by atoms with Crippen molar-refractivity contribution in [3.05, 3.63) is 35.4 Å². The van der Waals surface area contributed by atoms with Gasteiger partial charge in [0.1, 0.15) is 0 Å². The predicted molar refractivity (Wildman–Crippen MR) is 59.3 cm³/mol. The number of rotatable bonds is 4. The van der Waals surface area contributed by atoms with Crippen LogP contribution in [0.2, 0.25) is 0 Å². The van der Waals surface area contributed by atoms with Crippen LogP contribution in [0.5, 0.6) is 0 Å². The summed E-state index contributed by atoms with van der Waals surface area (Å²) in [5, 5.41) is 0. The number of hydrogen-bond donors (Lipinski definition) is 0. The molecule has 0 saturated heterocycles. The first kappa shape index (κ1) is 10.6. The van der Waals surface area contributed by atoms with Crippen molar-refractivity contribution in [2.75, 3.05) is 0 Å². The molecule has 0 N–H and O–H groups in total. The molecule has 1 rings (SSSR count). The van der Waals surface area contributed by atoms with Gasteiger partial charge in [0.15, 0.2) is 0 Å². The molecule has 0 spiro atoms. The fraction of sp³-hybridized carbons (Fsp3) is 0.500. The van der Waals surface area contributed by atoms with Crippen LogP contribution in [0, 0.1) is 0 Å². The van der Waals surface area contributed by atoms with Gasteiger partial charge in [0.25, 0.3) is 0 Å². The smallest absolute Gasteiger partial charge is 0.0474 e. The van der Waals surface area contributed by atoms with Gasteiger partial charge in [-0.2, -0.15) is 0 Å². The van der Waals surface area contributed by atoms with E-state index in [0.717, 1.165) is 0 Å². The van der Waals surface area contributed by atoms with Gasteiger partial charge in [0.05, 0.1) is 0 Å². The predicted octanol–water partition coefficient (Wildman–Crippen LogP) is 4.33. The average molecular weight is 197 g/mol. The monoisotopic (exact) mass is 196 g/mol. The van der Waals surface area contributed by atoms with Crippen LogP contribution >= 0.6 is 11.6 Å². The van der Waals surface area contributed by atoms with Crippen LogP contribution in [0.3, 0.4) is 0 Å². The van der Waals surface area contributed by atoms with E-state index in [4.69, 9.17) is 11.6 Å². The van der Waals surface area contributed by atoms with Gasteiger partial charge in [-0.25, -0.2) is 0 Å². The first-order chi connectivity index (χ1) is 6.27. The van der Waals surface area contributed by atoms with Crippen molar-refractivity contribution in [2.24, 2.45) is 0 Å². The van der Waals surface area contributed by atoms with E-state index in [2.05, 4.69) is 38.1 Å². The Balaban J connectivity index is 2.67. The molecule has 0 radical (unpaired) electrons. The van der Waals surface area contributed by atoms with Crippen molar-refractivity contribution < 1.29 is 0 Å². The van der Waals surface area contributed by atoms with Crippen LogP contribution in [0.4, 0.5) is 0 Å². The van der Waals surface area contributed by atoms with Crippen LogP contribution in [-0.4, -0.2) is 0 Å². The maximum Gasteiger partial charge on any atom is 0.0474 e. The highest BCUT2D eigenvalue weighted by molar-refractivity contribution is 6.17. The molecule has 0 saturated carbocycles. The SMILES string of the molecule is CCCC(C)c1ccc(CCl)cc1. The lowest BCUT2D eigenvalue weighted by molar-refractivity contribution is 0.665. The topological polar surface area (TPSA) is 0 Å². The molecular weight excluding hydrogens is 180 g/mol. The third-order valence-electron chi connectivity index (χ3n) is 2.42. The molecule has 0 nitrogen and oxygen atoms in total. The molecule has 0 aliphatic rings. The summed E-state index contributed by atoms with van der Waals surface area (Å²) in [5.74, 6) is 1.29. The van der Waals surface area contributed by atoms with Gasteiger partial charge in [-0.15, -0.1) is 11.6 Å². The zero-order valence-electron chi connectivity index (χ0n) is 8.39. The van der Waals surface area contributed by atoms with E-state index < -0.39 is 0 Å². The molecule has 1 aromatic carbocycles. The van der Waals surface area contributed by atoms with E-state index in [1.807, 2.05) is 0 Å². The Morgan fingerprint density at radius 1 is 1.23 bits per heavy atom. The van der Waals surface area contributed by atoms with E-state index in [-0.39, 0.29) is 0 Å². The Labute approximate surface area is 85.9 Å². The quantitative estimate of drug-likeness (QED) is 0.629. The van der Waals surface area contributed by atoms with Crippen LogP contribution in [-0.2, 0) is 5.88 Å². The van der Waals surface area contributed by atoms with Crippen LogP contribution < -0.4 is 0 Å². The largest absolute Gasteiger partial charge is 0.122 e. The lowest BCUT2D eigenvalue weighted by atomic mass is 9.96. The first-order valence-electron chi connectivity index (χ1n) is 4.92. The number of benzene rings is 1. The van der Waals surface area contributed by atoms with E-state index >= 15 is 0 Å². The van der Waals surface area contributed by atoms with Crippen molar-refractivity contribution >= 4 is 11.6 Å². The molecule has 0 heterocycles. The Hall–Kier alpha value is -0.490. The highest BCUT2D eigenvalue weighted by atomic mass is 35.5. The van der Waals surface area contributed by atoms with Gasteiger partial charge in [0.2, 0.25) is 0 Å². The van der Waals surface area contributed by atoms with Gasteiger partial charge in [-0.3, -0.25) is 0 Å². The number of hydrogen-bond acceptors (Lipinski definition) is 0. The molecule has 0 aliphatic heterocycles. The van der Waals surface area contributed by atoms with Gasteiger partial charge in [-0.1, -0.05) is 44.5 Å². The van der Waals surface area contributed by atoms with Gasteiger partial charge in [-0.05, 0) is 23.5 Å². The standard InChI is InChI=1S/C12H17Cl/c1-3-4-10(2)12-7-5-11(9-13)6-8-12/h5-8,10H,3-4,9H2,1-2H3. The minimum Gasteiger partial charge on any atom is -0.122 e. The third-order valence-corrected chi connectivity index (χ3v) is 2.73. The van der Waals surface area contributed by atoms with E-state index in [1.54, 1.807) is 0 Å². The molecule has 0 aromatic heterocycles. The second-order valence-corrected chi connectivity index (χ2v) is 3.83. The lowest BCUT2D eigenvalue weighted by Gasteiger charge is -2.10. The van der Waals surface area contributed by atoms with E-state index in [0.29, 0.717) is 11.8 Å². The Morgan fingerprint density at radius 3 is 2.31 bits per heavy atom. The van der Waals surface area contributed by atoms with Crippen molar-refractivity contribution in [3.63, 3.8) is 0 Å². The molecule has 72 valence electrons. The molecule has 0 aliphatic carbocycles. The third kappa shape index (κ3) is 3.04. The summed E-state index contributed by atoms with van der Waals surface area (Å²) in [5.41, 5.74) is 2.63. The van der Waals surface area contributed by atoms with Gasteiger partial charge < -0.3 is 0 Å². The van der Waals surface area contributed by atoms with Crippen molar-refractivity contribution in [2.45, 2.75) is 38.5 Å². The Bertz CT molecular complexity index is 238. The molecule has 1 aromatic rings. The summed E-state index contributed by atoms with van der Waals surface area (Å²) in [6.07, 6.45) is 2.51. The summed E-state index contributed by atoms with van der Waals surface area (Å²) < 4.78 is 0. The number of alkyl halides is 1. The van der Waals surface area contributed by atoms with Gasteiger partial charge in [0, 0.05) is 5.88 Å². The van der Waals surface area contributed by atoms with Crippen molar-refractivity contribution in [1.29, 1.82) is 0 Å². The fourth-order valence-electron chi connectivity index (χ4n) is 1.53. The zero-order chi connectivity index (χ0) is 9.68. The summed E-state index contributed by atoms with van der Waals surface area (Å²) in [6.45, 7) is 4.50. The highest BCUT2D eigenvalue weighted by Gasteiger charge is 2.03. The van der Waals surface area contributed by atoms with E-state index in [9.17, 15) is 0 Å². The minimum absolute atomic E-state index is 0.614. The molecule has 0 fully saturated rings. The van der Waals surface area contributed by atoms with Crippen LogP contribution in [0.1, 0.15) is 43.7 Å². The maximum absolute atomic E-state index is 5.72. The normalized spacial score (nSPS) is 12.8. The second kappa shape index (κ2) is 5.29. The summed E-state index contributed by atoms with van der Waals surface area (Å²) >= 11 is 5.72. The van der Waals surface area contributed by atoms with Gasteiger partial charge >= 0.3 is 0 Å². The Kier molecular flexibility index (Phi) is 4.31. The highest BCUT2D eigenvalue weighted by Crippen LogP contribution is 2.20. The number of halogens is 1. The summed E-state index contributed by atoms with van der Waals surface area (Å²) in [4.78, 5) is 0. The van der Waals surface area contributed by atoms with Crippen molar-refractivity contribution in [1.82, 2.24) is 0 Å². The van der Waals surface area contributed by atoms with Crippen LogP contribution in [0.15, 0.2) is 24.3 Å². The fourth-order valence-corrected chi connectivity index (χ4v) is 1.71. The van der Waals surface area contributed by atoms with Crippen LogP contribution in [0.25, 0.3) is 0 Å². The summed E-state index contributed by atoms with van der Waals surface area (Å²) in [7, 11) is 0. The molecule has 0 bridgehead atoms. The average Bonchev–Trinajstić information content (AvgIpc) is 2.18. The molecule has 13 heavy (non-hydrogen) atoms. The zero-order valence-corrected chi connectivity index (χ0v) is 9.14. The van der Waals surface area contributed by atoms with Crippen molar-refractivity contribution in [3.8, 4) is 0 Å². The summed E-state index contributed by atoms with van der Waals surface area (Å²) in [6, 6.07) is 8.62. The molecular formula is C12H17Cl.